The molecule has 0 aromatic heterocycles. The molecule has 1 rings (SSSR count). The number of nitrogens with one attached hydrogen (secondary N) is 1. The van der Waals surface area contributed by atoms with Crippen LogP contribution < -0.4 is 10.1 Å². The van der Waals surface area contributed by atoms with Crippen molar-refractivity contribution in [2.24, 2.45) is 5.92 Å². The van der Waals surface area contributed by atoms with Crippen molar-refractivity contribution in [3.63, 3.8) is 0 Å². The van der Waals surface area contributed by atoms with E-state index in [2.05, 4.69) is 57.3 Å². The zero-order chi connectivity index (χ0) is 14.8. The molecular formula is C18H31NO. The first-order valence-electron chi connectivity index (χ1n) is 8.14. The summed E-state index contributed by atoms with van der Waals surface area (Å²) in [4.78, 5) is 0. The fraction of sp³-hybridized carbons (Fsp3) is 0.667. The maximum absolute atomic E-state index is 5.86. The second-order valence-electron chi connectivity index (χ2n) is 5.63. The van der Waals surface area contributed by atoms with Crippen molar-refractivity contribution in [3.8, 4) is 5.75 Å². The van der Waals surface area contributed by atoms with Gasteiger partial charge in [-0.3, -0.25) is 0 Å². The summed E-state index contributed by atoms with van der Waals surface area (Å²) in [5.41, 5.74) is 1.39. The standard InChI is InChI=1S/C18H31NO/c1-5-16(6-2)14-20-18-12-10-17(11-13-18)9-8-15(4)19-7-3/h10-13,15-16,19H,5-9,14H2,1-4H3. The lowest BCUT2D eigenvalue weighted by Gasteiger charge is -2.14. The lowest BCUT2D eigenvalue weighted by Crippen LogP contribution is -2.25. The first kappa shape index (κ1) is 17.0. The van der Waals surface area contributed by atoms with Gasteiger partial charge in [0, 0.05) is 6.04 Å². The normalized spacial score (nSPS) is 12.7. The number of rotatable bonds is 10. The monoisotopic (exact) mass is 277 g/mol. The minimum atomic E-state index is 0.589. The van der Waals surface area contributed by atoms with Gasteiger partial charge < -0.3 is 10.1 Å². The number of ether oxygens (including phenoxy) is 1. The second kappa shape index (κ2) is 9.82. The lowest BCUT2D eigenvalue weighted by atomic mass is 10.0. The maximum atomic E-state index is 5.86. The molecule has 0 saturated heterocycles. The van der Waals surface area contributed by atoms with Gasteiger partial charge in [-0.05, 0) is 49.9 Å². The highest BCUT2D eigenvalue weighted by Gasteiger charge is 2.05. The largest absolute Gasteiger partial charge is 0.493 e. The van der Waals surface area contributed by atoms with E-state index in [1.807, 2.05) is 0 Å². The third kappa shape index (κ3) is 6.42. The Hall–Kier alpha value is -1.02. The molecule has 0 spiro atoms. The molecule has 0 saturated carbocycles. The Balaban J connectivity index is 2.36. The van der Waals surface area contributed by atoms with E-state index in [9.17, 15) is 0 Å². The van der Waals surface area contributed by atoms with Crippen LogP contribution in [0.2, 0.25) is 0 Å². The Bertz CT molecular complexity index is 343. The molecule has 0 aliphatic rings. The smallest absolute Gasteiger partial charge is 0.119 e. The van der Waals surface area contributed by atoms with Gasteiger partial charge in [0.15, 0.2) is 0 Å². The van der Waals surface area contributed by atoms with Gasteiger partial charge >= 0.3 is 0 Å². The van der Waals surface area contributed by atoms with Crippen LogP contribution in [-0.2, 0) is 6.42 Å². The van der Waals surface area contributed by atoms with Gasteiger partial charge in [-0.15, -0.1) is 0 Å². The van der Waals surface area contributed by atoms with Crippen LogP contribution >= 0.6 is 0 Å². The Morgan fingerprint density at radius 3 is 2.25 bits per heavy atom. The molecule has 1 aromatic carbocycles. The van der Waals surface area contributed by atoms with Gasteiger partial charge in [-0.25, -0.2) is 0 Å². The highest BCUT2D eigenvalue weighted by molar-refractivity contribution is 5.27. The molecular weight excluding hydrogens is 246 g/mol. The summed E-state index contributed by atoms with van der Waals surface area (Å²) < 4.78 is 5.86. The highest BCUT2D eigenvalue weighted by atomic mass is 16.5. The molecule has 2 nitrogen and oxygen atoms in total. The summed E-state index contributed by atoms with van der Waals surface area (Å²) in [5.74, 6) is 1.68. The van der Waals surface area contributed by atoms with Gasteiger partial charge in [-0.1, -0.05) is 45.7 Å². The molecule has 0 heterocycles. The molecule has 1 atom stereocenters. The van der Waals surface area contributed by atoms with Gasteiger partial charge in [0.25, 0.3) is 0 Å². The van der Waals surface area contributed by atoms with Crippen LogP contribution in [0.4, 0.5) is 0 Å². The van der Waals surface area contributed by atoms with E-state index in [1.54, 1.807) is 0 Å². The van der Waals surface area contributed by atoms with Crippen LogP contribution in [-0.4, -0.2) is 19.2 Å². The van der Waals surface area contributed by atoms with Crippen LogP contribution in [0.3, 0.4) is 0 Å². The van der Waals surface area contributed by atoms with Crippen molar-refractivity contribution in [2.75, 3.05) is 13.2 Å². The summed E-state index contributed by atoms with van der Waals surface area (Å²) in [6.07, 6.45) is 4.69. The minimum absolute atomic E-state index is 0.589. The lowest BCUT2D eigenvalue weighted by molar-refractivity contribution is 0.240. The van der Waals surface area contributed by atoms with Crippen molar-refractivity contribution in [3.05, 3.63) is 29.8 Å². The van der Waals surface area contributed by atoms with Gasteiger partial charge in [0.2, 0.25) is 0 Å². The molecule has 0 aliphatic carbocycles. The SMILES string of the molecule is CCNC(C)CCc1ccc(OCC(CC)CC)cc1. The zero-order valence-electron chi connectivity index (χ0n) is 13.6. The number of benzene rings is 1. The summed E-state index contributed by atoms with van der Waals surface area (Å²) in [6, 6.07) is 9.19. The quantitative estimate of drug-likeness (QED) is 0.683. The molecule has 1 unspecified atom stereocenters. The van der Waals surface area contributed by atoms with Crippen LogP contribution in [0, 0.1) is 5.92 Å². The van der Waals surface area contributed by atoms with Crippen LogP contribution in [0.25, 0.3) is 0 Å². The predicted molar refractivity (Wildman–Crippen MR) is 87.5 cm³/mol. The average molecular weight is 277 g/mol. The molecule has 2 heteroatoms. The van der Waals surface area contributed by atoms with Crippen molar-refractivity contribution in [1.29, 1.82) is 0 Å². The predicted octanol–water partition coefficient (Wildman–Crippen LogP) is 4.43. The topological polar surface area (TPSA) is 21.3 Å². The van der Waals surface area contributed by atoms with Crippen LogP contribution in [0.5, 0.6) is 5.75 Å². The molecule has 0 amide bonds. The summed E-state index contributed by atoms with van der Waals surface area (Å²) in [7, 11) is 0. The van der Waals surface area contributed by atoms with Crippen molar-refractivity contribution in [2.45, 2.75) is 59.4 Å². The van der Waals surface area contributed by atoms with E-state index in [1.165, 1.54) is 24.8 Å². The van der Waals surface area contributed by atoms with E-state index in [-0.39, 0.29) is 0 Å². The highest BCUT2D eigenvalue weighted by Crippen LogP contribution is 2.16. The van der Waals surface area contributed by atoms with Crippen LogP contribution in [0.1, 0.15) is 52.5 Å². The molecule has 0 fully saturated rings. The van der Waals surface area contributed by atoms with Crippen molar-refractivity contribution in [1.82, 2.24) is 5.32 Å². The number of aryl methyl sites for hydroxylation is 1. The van der Waals surface area contributed by atoms with Crippen molar-refractivity contribution < 1.29 is 4.74 Å². The summed E-state index contributed by atoms with van der Waals surface area (Å²) in [5, 5.41) is 3.45. The molecule has 20 heavy (non-hydrogen) atoms. The molecule has 1 N–H and O–H groups in total. The van der Waals surface area contributed by atoms with E-state index in [0.717, 1.165) is 25.3 Å². The molecule has 114 valence electrons. The van der Waals surface area contributed by atoms with E-state index >= 15 is 0 Å². The minimum Gasteiger partial charge on any atom is -0.493 e. The van der Waals surface area contributed by atoms with Gasteiger partial charge in [-0.2, -0.15) is 0 Å². The first-order valence-corrected chi connectivity index (χ1v) is 8.14. The Morgan fingerprint density at radius 1 is 1.05 bits per heavy atom. The Morgan fingerprint density at radius 2 is 1.70 bits per heavy atom. The zero-order valence-corrected chi connectivity index (χ0v) is 13.6. The third-order valence-electron chi connectivity index (χ3n) is 3.98. The van der Waals surface area contributed by atoms with Gasteiger partial charge in [0.1, 0.15) is 5.75 Å². The van der Waals surface area contributed by atoms with Gasteiger partial charge in [0.05, 0.1) is 6.61 Å². The van der Waals surface area contributed by atoms with E-state index < -0.39 is 0 Å². The first-order chi connectivity index (χ1) is 9.69. The fourth-order valence-electron chi connectivity index (χ4n) is 2.32. The molecule has 0 bridgehead atoms. The molecule has 0 aliphatic heterocycles. The number of hydrogen-bond donors (Lipinski definition) is 1. The molecule has 0 radical (unpaired) electrons. The van der Waals surface area contributed by atoms with E-state index in [4.69, 9.17) is 4.74 Å². The van der Waals surface area contributed by atoms with E-state index in [0.29, 0.717) is 12.0 Å². The van der Waals surface area contributed by atoms with Crippen molar-refractivity contribution >= 4 is 0 Å². The Labute approximate surface area is 124 Å². The third-order valence-corrected chi connectivity index (χ3v) is 3.98. The second-order valence-corrected chi connectivity index (χ2v) is 5.63. The fourth-order valence-corrected chi connectivity index (χ4v) is 2.32. The Kier molecular flexibility index (Phi) is 8.36. The average Bonchev–Trinajstić information content (AvgIpc) is 2.48. The summed E-state index contributed by atoms with van der Waals surface area (Å²) >= 11 is 0. The number of hydrogen-bond acceptors (Lipinski definition) is 2. The van der Waals surface area contributed by atoms with Crippen LogP contribution in [0.15, 0.2) is 24.3 Å². The summed E-state index contributed by atoms with van der Waals surface area (Å²) in [6.45, 7) is 10.7. The molecule has 1 aromatic rings. The maximum Gasteiger partial charge on any atom is 0.119 e.